The van der Waals surface area contributed by atoms with Gasteiger partial charge in [-0.2, -0.15) is 0 Å². The molecular formula is C10H18N2O2. The van der Waals surface area contributed by atoms with Crippen molar-refractivity contribution in [3.8, 4) is 0 Å². The Kier molecular flexibility index (Phi) is 12.2. The quantitative estimate of drug-likeness (QED) is 0.650. The van der Waals surface area contributed by atoms with E-state index >= 15 is 0 Å². The lowest BCUT2D eigenvalue weighted by molar-refractivity contribution is -0.117. The Morgan fingerprint density at radius 1 is 1.00 bits per heavy atom. The van der Waals surface area contributed by atoms with Gasteiger partial charge in [0.2, 0.25) is 11.8 Å². The third kappa shape index (κ3) is 13.0. The lowest BCUT2D eigenvalue weighted by atomic mass is 10.6. The summed E-state index contributed by atoms with van der Waals surface area (Å²) < 4.78 is 0. The van der Waals surface area contributed by atoms with E-state index in [1.54, 1.807) is 0 Å². The van der Waals surface area contributed by atoms with Gasteiger partial charge in [-0.25, -0.2) is 0 Å². The zero-order chi connectivity index (χ0) is 11.4. The molecule has 0 saturated carbocycles. The Labute approximate surface area is 85.1 Å². The van der Waals surface area contributed by atoms with Crippen LogP contribution in [0.25, 0.3) is 0 Å². The second-order valence-electron chi connectivity index (χ2n) is 2.20. The molecule has 0 atom stereocenters. The standard InChI is InChI=1S/2C5H9NO/c2*1-3-5(7)6-4-2/h2*3H,1,4H2,2H3,(H,6,7). The third-order valence-corrected chi connectivity index (χ3v) is 1.07. The predicted octanol–water partition coefficient (Wildman–Crippen LogP) is 0.617. The molecule has 0 fully saturated rings. The number of likely N-dealkylation sites (N-methyl/N-ethyl adjacent to an activating group) is 2. The second kappa shape index (κ2) is 11.4. The summed E-state index contributed by atoms with van der Waals surface area (Å²) in [5.74, 6) is -0.218. The van der Waals surface area contributed by atoms with Crippen molar-refractivity contribution < 1.29 is 9.59 Å². The highest BCUT2D eigenvalue weighted by Crippen LogP contribution is 1.62. The van der Waals surface area contributed by atoms with E-state index in [9.17, 15) is 9.59 Å². The predicted molar refractivity (Wildman–Crippen MR) is 57.8 cm³/mol. The molecule has 0 aromatic heterocycles. The van der Waals surface area contributed by atoms with Crippen molar-refractivity contribution in [2.45, 2.75) is 13.8 Å². The van der Waals surface area contributed by atoms with Gasteiger partial charge in [0.15, 0.2) is 0 Å². The zero-order valence-corrected chi connectivity index (χ0v) is 8.80. The SMILES string of the molecule is C=CC(=O)NCC.C=CC(=O)NCC. The van der Waals surface area contributed by atoms with Crippen LogP contribution >= 0.6 is 0 Å². The normalized spacial score (nSPS) is 7.57. The van der Waals surface area contributed by atoms with E-state index in [0.29, 0.717) is 13.1 Å². The van der Waals surface area contributed by atoms with Gasteiger partial charge >= 0.3 is 0 Å². The molecule has 0 saturated heterocycles. The van der Waals surface area contributed by atoms with Crippen LogP contribution in [0.15, 0.2) is 25.3 Å². The molecule has 0 spiro atoms. The molecule has 0 aliphatic carbocycles. The Morgan fingerprint density at radius 2 is 1.29 bits per heavy atom. The van der Waals surface area contributed by atoms with Crippen molar-refractivity contribution in [3.05, 3.63) is 25.3 Å². The lowest BCUT2D eigenvalue weighted by Gasteiger charge is -1.90. The zero-order valence-electron chi connectivity index (χ0n) is 8.80. The van der Waals surface area contributed by atoms with Gasteiger partial charge in [-0.15, -0.1) is 0 Å². The van der Waals surface area contributed by atoms with Crippen LogP contribution in [0.4, 0.5) is 0 Å². The van der Waals surface area contributed by atoms with Gasteiger partial charge in [0.1, 0.15) is 0 Å². The molecule has 0 aliphatic heterocycles. The summed E-state index contributed by atoms with van der Waals surface area (Å²) in [5, 5.41) is 5.08. The summed E-state index contributed by atoms with van der Waals surface area (Å²) in [5.41, 5.74) is 0. The molecular weight excluding hydrogens is 180 g/mol. The van der Waals surface area contributed by atoms with Gasteiger partial charge in [0, 0.05) is 13.1 Å². The molecule has 0 radical (unpaired) electrons. The highest BCUT2D eigenvalue weighted by Gasteiger charge is 1.84. The maximum absolute atomic E-state index is 10.2. The van der Waals surface area contributed by atoms with Crippen LogP contribution in [0.1, 0.15) is 13.8 Å². The number of amides is 2. The van der Waals surface area contributed by atoms with Crippen LogP contribution in [0.2, 0.25) is 0 Å². The molecule has 0 rings (SSSR count). The lowest BCUT2D eigenvalue weighted by Crippen LogP contribution is -2.19. The van der Waals surface area contributed by atoms with Gasteiger partial charge in [-0.05, 0) is 26.0 Å². The number of rotatable bonds is 4. The largest absolute Gasteiger partial charge is 0.353 e. The maximum Gasteiger partial charge on any atom is 0.243 e. The summed E-state index contributed by atoms with van der Waals surface area (Å²) in [4.78, 5) is 20.4. The Morgan fingerprint density at radius 3 is 1.36 bits per heavy atom. The van der Waals surface area contributed by atoms with Crippen LogP contribution < -0.4 is 10.6 Å². The summed E-state index contributed by atoms with van der Waals surface area (Å²) in [7, 11) is 0. The highest BCUT2D eigenvalue weighted by molar-refractivity contribution is 5.87. The molecule has 0 aliphatic rings. The summed E-state index contributed by atoms with van der Waals surface area (Å²) in [6, 6.07) is 0. The molecule has 0 bridgehead atoms. The average molecular weight is 198 g/mol. The molecule has 14 heavy (non-hydrogen) atoms. The minimum absolute atomic E-state index is 0.109. The Hall–Kier alpha value is -1.58. The van der Waals surface area contributed by atoms with Crippen molar-refractivity contribution in [2.75, 3.05) is 13.1 Å². The van der Waals surface area contributed by atoms with Crippen molar-refractivity contribution in [3.63, 3.8) is 0 Å². The highest BCUT2D eigenvalue weighted by atomic mass is 16.2. The van der Waals surface area contributed by atoms with Crippen LogP contribution in [0, 0.1) is 0 Å². The fourth-order valence-electron chi connectivity index (χ4n) is 0.493. The van der Waals surface area contributed by atoms with Gasteiger partial charge in [-0.3, -0.25) is 9.59 Å². The number of hydrogen-bond donors (Lipinski definition) is 2. The van der Waals surface area contributed by atoms with Crippen LogP contribution in [0.5, 0.6) is 0 Å². The fraction of sp³-hybridized carbons (Fsp3) is 0.400. The van der Waals surface area contributed by atoms with E-state index in [-0.39, 0.29) is 11.8 Å². The summed E-state index contributed by atoms with van der Waals surface area (Å²) >= 11 is 0. The van der Waals surface area contributed by atoms with E-state index in [1.807, 2.05) is 13.8 Å². The second-order valence-corrected chi connectivity index (χ2v) is 2.20. The monoisotopic (exact) mass is 198 g/mol. The van der Waals surface area contributed by atoms with Gasteiger partial charge < -0.3 is 10.6 Å². The number of carbonyl (C=O) groups is 2. The molecule has 2 amide bonds. The average Bonchev–Trinajstić information content (AvgIpc) is 2.19. The first-order chi connectivity index (χ1) is 6.62. The number of carbonyl (C=O) groups excluding carboxylic acids is 2. The summed E-state index contributed by atoms with van der Waals surface area (Å²) in [6.07, 6.45) is 2.51. The van der Waals surface area contributed by atoms with E-state index in [4.69, 9.17) is 0 Å². The molecule has 4 nitrogen and oxygen atoms in total. The first kappa shape index (κ1) is 14.9. The van der Waals surface area contributed by atoms with Crippen molar-refractivity contribution in [1.82, 2.24) is 10.6 Å². The van der Waals surface area contributed by atoms with Gasteiger partial charge in [0.25, 0.3) is 0 Å². The molecule has 80 valence electrons. The molecule has 2 N–H and O–H groups in total. The smallest absolute Gasteiger partial charge is 0.243 e. The van der Waals surface area contributed by atoms with E-state index in [1.165, 1.54) is 12.2 Å². The first-order valence-corrected chi connectivity index (χ1v) is 4.42. The fourth-order valence-corrected chi connectivity index (χ4v) is 0.493. The third-order valence-electron chi connectivity index (χ3n) is 1.07. The van der Waals surface area contributed by atoms with Crippen molar-refractivity contribution >= 4 is 11.8 Å². The van der Waals surface area contributed by atoms with E-state index in [0.717, 1.165) is 0 Å². The molecule has 0 unspecified atom stereocenters. The summed E-state index contributed by atoms with van der Waals surface area (Å²) in [6.45, 7) is 11.6. The first-order valence-electron chi connectivity index (χ1n) is 4.42. The molecule has 0 heterocycles. The topological polar surface area (TPSA) is 58.2 Å². The van der Waals surface area contributed by atoms with Gasteiger partial charge in [-0.1, -0.05) is 13.2 Å². The van der Waals surface area contributed by atoms with Crippen LogP contribution in [-0.4, -0.2) is 24.9 Å². The van der Waals surface area contributed by atoms with Crippen molar-refractivity contribution in [1.29, 1.82) is 0 Å². The minimum atomic E-state index is -0.109. The molecule has 0 aromatic rings. The molecule has 4 heteroatoms. The Balaban J connectivity index is 0. The number of hydrogen-bond acceptors (Lipinski definition) is 2. The maximum atomic E-state index is 10.2. The minimum Gasteiger partial charge on any atom is -0.353 e. The van der Waals surface area contributed by atoms with Crippen LogP contribution in [0.3, 0.4) is 0 Å². The van der Waals surface area contributed by atoms with Crippen LogP contribution in [-0.2, 0) is 9.59 Å². The molecule has 0 aromatic carbocycles. The van der Waals surface area contributed by atoms with E-state index in [2.05, 4.69) is 23.8 Å². The van der Waals surface area contributed by atoms with E-state index < -0.39 is 0 Å². The van der Waals surface area contributed by atoms with Crippen molar-refractivity contribution in [2.24, 2.45) is 0 Å². The van der Waals surface area contributed by atoms with Gasteiger partial charge in [0.05, 0.1) is 0 Å². The number of nitrogens with one attached hydrogen (secondary N) is 2. The Bertz CT molecular complexity index is 178.